The Labute approximate surface area is 244 Å². The fourth-order valence-electron chi connectivity index (χ4n) is 4.21. The zero-order chi connectivity index (χ0) is 30.4. The molecule has 2 aliphatic heterocycles. The van der Waals surface area contributed by atoms with Crippen molar-refractivity contribution in [3.8, 4) is 0 Å². The maximum atomic E-state index is 13.4. The van der Waals surface area contributed by atoms with Gasteiger partial charge in [-0.05, 0) is 32.9 Å². The number of fused-ring (bicyclic) bond motifs is 1. The Kier molecular flexibility index (Phi) is 9.20. The minimum Gasteiger partial charge on any atom is -0.477 e. The van der Waals surface area contributed by atoms with Gasteiger partial charge in [-0.15, -0.1) is 11.8 Å². The Balaban J connectivity index is 1.53. The van der Waals surface area contributed by atoms with Crippen LogP contribution in [0.2, 0.25) is 0 Å². The summed E-state index contributed by atoms with van der Waals surface area (Å²) in [6.07, 6.45) is 4.00. The number of carbonyl (C=O) groups is 5. The number of β-lactam (4-membered cyclic amide) rings is 1. The number of oxime groups is 1. The Morgan fingerprint density at radius 2 is 1.95 bits per heavy atom. The number of rotatable bonds is 11. The predicted octanol–water partition coefficient (Wildman–Crippen LogP) is 0.439. The Morgan fingerprint density at radius 3 is 2.62 bits per heavy atom. The molecule has 4 heterocycles. The average molecular weight is 598 g/mol. The van der Waals surface area contributed by atoms with Crippen LogP contribution >= 0.6 is 11.8 Å². The number of thioether (sulfide) groups is 1. The van der Waals surface area contributed by atoms with E-state index in [0.717, 1.165) is 0 Å². The van der Waals surface area contributed by atoms with Crippen LogP contribution < -0.4 is 15.2 Å². The molecule has 3 N–H and O–H groups in total. The van der Waals surface area contributed by atoms with Gasteiger partial charge in [-0.25, -0.2) is 19.1 Å². The zero-order valence-electron chi connectivity index (χ0n) is 23.0. The van der Waals surface area contributed by atoms with Crippen molar-refractivity contribution in [3.63, 3.8) is 0 Å². The second-order valence-electron chi connectivity index (χ2n) is 10.1. The Bertz CT molecular complexity index is 1460. The predicted molar refractivity (Wildman–Crippen MR) is 149 cm³/mol. The van der Waals surface area contributed by atoms with Crippen LogP contribution in [0.25, 0.3) is 0 Å². The Hall–Kier alpha value is -4.79. The van der Waals surface area contributed by atoms with Crippen molar-refractivity contribution in [1.29, 1.82) is 0 Å². The molecule has 1 unspecified atom stereocenters. The number of carboxylic acid groups (broad SMARTS) is 1. The van der Waals surface area contributed by atoms with E-state index in [1.807, 2.05) is 22.8 Å². The molecule has 42 heavy (non-hydrogen) atoms. The van der Waals surface area contributed by atoms with Gasteiger partial charge in [0.25, 0.3) is 11.8 Å². The molecule has 2 aliphatic rings. The van der Waals surface area contributed by atoms with Crippen LogP contribution in [0, 0.1) is 0 Å². The Morgan fingerprint density at radius 1 is 1.21 bits per heavy atom. The molecule has 1 fully saturated rings. The molecule has 4 rings (SSSR count). The molecule has 3 amide bonds. The number of nitrogens with zero attached hydrogens (tertiary/aromatic N) is 4. The summed E-state index contributed by atoms with van der Waals surface area (Å²) in [5.74, 6) is -3.00. The largest absolute Gasteiger partial charge is 0.477 e. The van der Waals surface area contributed by atoms with Gasteiger partial charge in [0.15, 0.2) is 24.7 Å². The fourth-order valence-corrected chi connectivity index (χ4v) is 5.54. The van der Waals surface area contributed by atoms with Gasteiger partial charge in [0, 0.05) is 23.5 Å². The number of anilines is 1. The van der Waals surface area contributed by atoms with E-state index in [1.165, 1.54) is 34.9 Å². The first-order chi connectivity index (χ1) is 20.0. The summed E-state index contributed by atoms with van der Waals surface area (Å²) in [6, 6.07) is 8.82. The number of aromatic nitrogens is 2. The topological polar surface area (TPSA) is 180 Å². The van der Waals surface area contributed by atoms with E-state index >= 15 is 0 Å². The van der Waals surface area contributed by atoms with Crippen molar-refractivity contribution in [3.05, 3.63) is 65.8 Å². The van der Waals surface area contributed by atoms with Gasteiger partial charge >= 0.3 is 11.9 Å². The molecule has 0 aliphatic carbocycles. The van der Waals surface area contributed by atoms with E-state index in [2.05, 4.69) is 20.8 Å². The van der Waals surface area contributed by atoms with Crippen LogP contribution in [0.3, 0.4) is 0 Å². The van der Waals surface area contributed by atoms with Crippen LogP contribution in [-0.2, 0) is 40.1 Å². The summed E-state index contributed by atoms with van der Waals surface area (Å²) in [6.45, 7) is 4.72. The van der Waals surface area contributed by atoms with Gasteiger partial charge in [0.2, 0.25) is 13.0 Å². The third kappa shape index (κ3) is 7.09. The number of amides is 3. The second-order valence-corrected chi connectivity index (χ2v) is 11.2. The van der Waals surface area contributed by atoms with Crippen molar-refractivity contribution in [1.82, 2.24) is 15.2 Å². The van der Waals surface area contributed by atoms with E-state index in [0.29, 0.717) is 17.7 Å². The van der Waals surface area contributed by atoms with Crippen molar-refractivity contribution >= 4 is 53.5 Å². The molecule has 0 saturated carbocycles. The second kappa shape index (κ2) is 12.8. The van der Waals surface area contributed by atoms with Crippen LogP contribution in [0.5, 0.6) is 0 Å². The monoisotopic (exact) mass is 597 g/mol. The number of carboxylic acids is 1. The first kappa shape index (κ1) is 30.2. The highest BCUT2D eigenvalue weighted by Crippen LogP contribution is 2.40. The first-order valence-electron chi connectivity index (χ1n) is 12.7. The molecule has 2 atom stereocenters. The van der Waals surface area contributed by atoms with Crippen LogP contribution in [0.4, 0.5) is 5.82 Å². The highest BCUT2D eigenvalue weighted by molar-refractivity contribution is 8.00. The van der Waals surface area contributed by atoms with Crippen molar-refractivity contribution in [2.45, 2.75) is 44.3 Å². The SMILES string of the molecule is CC(C)(C)OC(=O)CO/N=C(\C(=O)NC1C(=O)N2C(C(=O)O)=C(C[n+]3ccccc3)CS[C@H]12)c1cccc(NC=O)n1. The van der Waals surface area contributed by atoms with E-state index in [4.69, 9.17) is 9.57 Å². The maximum absolute atomic E-state index is 13.4. The number of ether oxygens (including phenoxy) is 1. The normalized spacial score (nSPS) is 18.4. The van der Waals surface area contributed by atoms with Gasteiger partial charge in [-0.3, -0.25) is 19.3 Å². The lowest BCUT2D eigenvalue weighted by Crippen LogP contribution is -2.71. The molecule has 220 valence electrons. The summed E-state index contributed by atoms with van der Waals surface area (Å²) in [5.41, 5.74) is -0.723. The smallest absolute Gasteiger partial charge is 0.352 e. The summed E-state index contributed by atoms with van der Waals surface area (Å²) in [7, 11) is 0. The molecule has 0 spiro atoms. The lowest BCUT2D eigenvalue weighted by Gasteiger charge is -2.49. The molecular weight excluding hydrogens is 568 g/mol. The van der Waals surface area contributed by atoms with Crippen molar-refractivity contribution in [2.75, 3.05) is 17.7 Å². The molecule has 15 heteroatoms. The first-order valence-corrected chi connectivity index (χ1v) is 13.8. The molecule has 0 bridgehead atoms. The highest BCUT2D eigenvalue weighted by Gasteiger charge is 2.54. The summed E-state index contributed by atoms with van der Waals surface area (Å²) < 4.78 is 6.98. The average Bonchev–Trinajstić information content (AvgIpc) is 2.93. The number of aliphatic carboxylic acids is 1. The van der Waals surface area contributed by atoms with E-state index < -0.39 is 47.4 Å². The minimum absolute atomic E-state index is 0.0169. The van der Waals surface area contributed by atoms with E-state index in [-0.39, 0.29) is 29.5 Å². The lowest BCUT2D eigenvalue weighted by atomic mass is 10.0. The zero-order valence-corrected chi connectivity index (χ0v) is 23.8. The summed E-state index contributed by atoms with van der Waals surface area (Å²) in [4.78, 5) is 72.1. The quantitative estimate of drug-likeness (QED) is 0.0821. The highest BCUT2D eigenvalue weighted by atomic mass is 32.2. The molecule has 0 aromatic carbocycles. The van der Waals surface area contributed by atoms with Gasteiger partial charge in [0.1, 0.15) is 34.2 Å². The standard InChI is InChI=1S/C27H28N6O8S/c1-27(2,3)41-19(35)13-40-31-20(17-8-7-9-18(29-17)28-15-34)23(36)30-21-24(37)33-22(26(38)39)16(14-42-25(21)33)12-32-10-5-4-6-11-32/h4-11,15,21,25H,12-14H2,1-3H3,(H2-,28,29,30,34,36,38,39)/p+1/b31-20-/t21?,25-/m1/s1. The van der Waals surface area contributed by atoms with Gasteiger partial charge in [-0.1, -0.05) is 17.3 Å². The number of nitrogens with one attached hydrogen (secondary N) is 2. The molecule has 2 aromatic rings. The number of carbonyl (C=O) groups excluding carboxylic acids is 4. The van der Waals surface area contributed by atoms with Crippen LogP contribution in [-0.4, -0.2) is 80.2 Å². The number of pyridine rings is 2. The molecular formula is C27H29N6O8S+. The van der Waals surface area contributed by atoms with E-state index in [9.17, 15) is 29.1 Å². The fraction of sp³-hybridized carbons (Fsp3) is 0.333. The summed E-state index contributed by atoms with van der Waals surface area (Å²) in [5, 5.41) is 18.0. The van der Waals surface area contributed by atoms with Gasteiger partial charge in [-0.2, -0.15) is 0 Å². The van der Waals surface area contributed by atoms with Gasteiger partial charge < -0.3 is 25.3 Å². The molecule has 14 nitrogen and oxygen atoms in total. The molecule has 2 aromatic heterocycles. The van der Waals surface area contributed by atoms with Gasteiger partial charge in [0.05, 0.1) is 0 Å². The van der Waals surface area contributed by atoms with Crippen molar-refractivity contribution < 1.29 is 43.2 Å². The van der Waals surface area contributed by atoms with Crippen LogP contribution in [0.1, 0.15) is 26.5 Å². The van der Waals surface area contributed by atoms with E-state index in [1.54, 1.807) is 33.2 Å². The number of hydrogen-bond acceptors (Lipinski definition) is 10. The van der Waals surface area contributed by atoms with Crippen molar-refractivity contribution in [2.24, 2.45) is 5.16 Å². The molecule has 1 saturated heterocycles. The van der Waals surface area contributed by atoms with Crippen LogP contribution in [0.15, 0.2) is 65.2 Å². The third-order valence-corrected chi connectivity index (χ3v) is 7.20. The maximum Gasteiger partial charge on any atom is 0.352 e. The lowest BCUT2D eigenvalue weighted by molar-refractivity contribution is -0.689. The number of hydrogen-bond donors (Lipinski definition) is 3. The minimum atomic E-state index is -1.24. The summed E-state index contributed by atoms with van der Waals surface area (Å²) >= 11 is 1.32. The third-order valence-electron chi connectivity index (χ3n) is 5.86. The number of esters is 1. The molecule has 0 radical (unpaired) electrons.